The van der Waals surface area contributed by atoms with Crippen molar-refractivity contribution in [3.05, 3.63) is 35.4 Å². The number of benzene rings is 1. The van der Waals surface area contributed by atoms with Crippen LogP contribution in [0.3, 0.4) is 0 Å². The van der Waals surface area contributed by atoms with Gasteiger partial charge in [-0.2, -0.15) is 0 Å². The summed E-state index contributed by atoms with van der Waals surface area (Å²) in [5.41, 5.74) is 1.49. The van der Waals surface area contributed by atoms with E-state index in [0.717, 1.165) is 5.56 Å². The molecule has 1 unspecified atom stereocenters. The second kappa shape index (κ2) is 6.52. The van der Waals surface area contributed by atoms with Gasteiger partial charge in [0, 0.05) is 18.7 Å². The van der Waals surface area contributed by atoms with Crippen molar-refractivity contribution in [2.24, 2.45) is 5.92 Å². The highest BCUT2D eigenvalue weighted by atomic mass is 16.5. The van der Waals surface area contributed by atoms with Crippen molar-refractivity contribution >= 4 is 11.9 Å². The van der Waals surface area contributed by atoms with Gasteiger partial charge < -0.3 is 14.7 Å². The summed E-state index contributed by atoms with van der Waals surface area (Å²) in [5, 5.41) is 8.94. The summed E-state index contributed by atoms with van der Waals surface area (Å²) in [7, 11) is 0. The zero-order valence-corrected chi connectivity index (χ0v) is 11.5. The molecule has 1 aliphatic heterocycles. The molecule has 1 heterocycles. The first-order valence-electron chi connectivity index (χ1n) is 6.76. The molecule has 1 aromatic carbocycles. The Bertz CT molecular complexity index is 494. The molecule has 0 spiro atoms. The predicted octanol–water partition coefficient (Wildman–Crippen LogP) is 1.42. The second-order valence-electron chi connectivity index (χ2n) is 5.05. The molecule has 1 atom stereocenters. The Labute approximate surface area is 118 Å². The predicted molar refractivity (Wildman–Crippen MR) is 73.7 cm³/mol. The highest BCUT2D eigenvalue weighted by Gasteiger charge is 2.19. The van der Waals surface area contributed by atoms with Crippen LogP contribution in [0.1, 0.15) is 22.8 Å². The summed E-state index contributed by atoms with van der Waals surface area (Å²) in [5.74, 6) is -1.29. The minimum Gasteiger partial charge on any atom is -0.481 e. The van der Waals surface area contributed by atoms with Gasteiger partial charge in [0.25, 0.3) is 5.91 Å². The normalized spacial score (nSPS) is 16.8. The summed E-state index contributed by atoms with van der Waals surface area (Å²) in [6.45, 7) is 4.02. The number of carbonyl (C=O) groups excluding carboxylic acids is 1. The number of aliphatic carboxylic acids is 1. The van der Waals surface area contributed by atoms with E-state index in [0.29, 0.717) is 38.3 Å². The largest absolute Gasteiger partial charge is 0.481 e. The molecule has 0 bridgehead atoms. The number of carboxylic acids is 1. The average Bonchev–Trinajstić information content (AvgIpc) is 2.47. The molecule has 5 heteroatoms. The first-order valence-corrected chi connectivity index (χ1v) is 6.76. The molecular formula is C15H19NO4. The second-order valence-corrected chi connectivity index (χ2v) is 5.05. The molecule has 108 valence electrons. The summed E-state index contributed by atoms with van der Waals surface area (Å²) < 4.78 is 5.23. The quantitative estimate of drug-likeness (QED) is 0.904. The summed E-state index contributed by atoms with van der Waals surface area (Å²) in [6.07, 6.45) is 0.430. The summed E-state index contributed by atoms with van der Waals surface area (Å²) in [4.78, 5) is 25.0. The molecule has 0 aliphatic carbocycles. The molecule has 1 N–H and O–H groups in total. The van der Waals surface area contributed by atoms with Gasteiger partial charge in [-0.05, 0) is 24.1 Å². The minimum absolute atomic E-state index is 0.0156. The van der Waals surface area contributed by atoms with Crippen molar-refractivity contribution < 1.29 is 19.4 Å². The van der Waals surface area contributed by atoms with Gasteiger partial charge in [0.2, 0.25) is 0 Å². The van der Waals surface area contributed by atoms with E-state index in [1.807, 2.05) is 6.07 Å². The Kier molecular flexibility index (Phi) is 4.74. The van der Waals surface area contributed by atoms with Crippen LogP contribution in [0.15, 0.2) is 24.3 Å². The van der Waals surface area contributed by atoms with Gasteiger partial charge in [-0.15, -0.1) is 0 Å². The monoisotopic (exact) mass is 277 g/mol. The van der Waals surface area contributed by atoms with Crippen molar-refractivity contribution in [1.29, 1.82) is 0 Å². The molecule has 20 heavy (non-hydrogen) atoms. The highest BCUT2D eigenvalue weighted by Crippen LogP contribution is 2.13. The van der Waals surface area contributed by atoms with Crippen LogP contribution < -0.4 is 0 Å². The van der Waals surface area contributed by atoms with E-state index < -0.39 is 11.9 Å². The van der Waals surface area contributed by atoms with E-state index in [9.17, 15) is 9.59 Å². The number of carbonyl (C=O) groups is 2. The molecule has 1 fully saturated rings. The number of ether oxygens (including phenoxy) is 1. The number of hydrogen-bond acceptors (Lipinski definition) is 3. The number of rotatable bonds is 4. The lowest BCUT2D eigenvalue weighted by molar-refractivity contribution is -0.141. The summed E-state index contributed by atoms with van der Waals surface area (Å²) in [6, 6.07) is 7.22. The van der Waals surface area contributed by atoms with Crippen molar-refractivity contribution in [3.63, 3.8) is 0 Å². The van der Waals surface area contributed by atoms with Crippen LogP contribution in [0, 0.1) is 5.92 Å². The number of carboxylic acid groups (broad SMARTS) is 1. The fraction of sp³-hybridized carbons (Fsp3) is 0.467. The van der Waals surface area contributed by atoms with E-state index in [-0.39, 0.29) is 5.91 Å². The van der Waals surface area contributed by atoms with E-state index in [1.54, 1.807) is 30.0 Å². The molecule has 1 saturated heterocycles. The third kappa shape index (κ3) is 3.57. The van der Waals surface area contributed by atoms with Crippen LogP contribution in [0.4, 0.5) is 0 Å². The Morgan fingerprint density at radius 1 is 1.35 bits per heavy atom. The van der Waals surface area contributed by atoms with Gasteiger partial charge in [0.1, 0.15) is 0 Å². The molecule has 0 radical (unpaired) electrons. The Morgan fingerprint density at radius 3 is 2.70 bits per heavy atom. The van der Waals surface area contributed by atoms with Gasteiger partial charge in [-0.1, -0.05) is 19.1 Å². The molecular weight excluding hydrogens is 258 g/mol. The Morgan fingerprint density at radius 2 is 2.05 bits per heavy atom. The smallest absolute Gasteiger partial charge is 0.306 e. The Balaban J connectivity index is 2.08. The first kappa shape index (κ1) is 14.5. The minimum atomic E-state index is -0.824. The lowest BCUT2D eigenvalue weighted by Gasteiger charge is -2.27. The van der Waals surface area contributed by atoms with Gasteiger partial charge in [0.15, 0.2) is 0 Å². The summed E-state index contributed by atoms with van der Waals surface area (Å²) >= 11 is 0. The van der Waals surface area contributed by atoms with E-state index in [2.05, 4.69) is 0 Å². The van der Waals surface area contributed by atoms with Crippen LogP contribution in [0.5, 0.6) is 0 Å². The lowest BCUT2D eigenvalue weighted by atomic mass is 9.99. The van der Waals surface area contributed by atoms with Crippen LogP contribution in [0.2, 0.25) is 0 Å². The van der Waals surface area contributed by atoms with Gasteiger partial charge in [0.05, 0.1) is 19.1 Å². The fourth-order valence-electron chi connectivity index (χ4n) is 2.22. The molecule has 0 aromatic heterocycles. The van der Waals surface area contributed by atoms with Gasteiger partial charge in [-0.25, -0.2) is 0 Å². The van der Waals surface area contributed by atoms with Crippen LogP contribution >= 0.6 is 0 Å². The fourth-order valence-corrected chi connectivity index (χ4v) is 2.22. The maximum Gasteiger partial charge on any atom is 0.306 e. The number of morpholine rings is 1. The maximum absolute atomic E-state index is 12.3. The molecule has 1 aliphatic rings. The van der Waals surface area contributed by atoms with Gasteiger partial charge in [-0.3, -0.25) is 9.59 Å². The molecule has 1 amide bonds. The highest BCUT2D eigenvalue weighted by molar-refractivity contribution is 5.94. The third-order valence-corrected chi connectivity index (χ3v) is 3.44. The van der Waals surface area contributed by atoms with Gasteiger partial charge >= 0.3 is 5.97 Å². The van der Waals surface area contributed by atoms with Crippen LogP contribution in [0.25, 0.3) is 0 Å². The average molecular weight is 277 g/mol. The van der Waals surface area contributed by atoms with Crippen LogP contribution in [-0.4, -0.2) is 48.2 Å². The zero-order chi connectivity index (χ0) is 14.5. The third-order valence-electron chi connectivity index (χ3n) is 3.44. The van der Waals surface area contributed by atoms with Crippen LogP contribution in [-0.2, 0) is 16.0 Å². The van der Waals surface area contributed by atoms with E-state index in [1.165, 1.54) is 0 Å². The van der Waals surface area contributed by atoms with Crippen molar-refractivity contribution in [2.45, 2.75) is 13.3 Å². The van der Waals surface area contributed by atoms with Crippen molar-refractivity contribution in [3.8, 4) is 0 Å². The van der Waals surface area contributed by atoms with Crippen molar-refractivity contribution in [2.75, 3.05) is 26.3 Å². The van der Waals surface area contributed by atoms with E-state index >= 15 is 0 Å². The van der Waals surface area contributed by atoms with Crippen molar-refractivity contribution in [1.82, 2.24) is 4.90 Å². The number of nitrogens with zero attached hydrogens (tertiary/aromatic N) is 1. The zero-order valence-electron chi connectivity index (χ0n) is 11.5. The molecule has 1 aromatic rings. The standard InChI is InChI=1S/C15H19NO4/c1-11(15(18)19)9-12-3-2-4-13(10-12)14(17)16-5-7-20-8-6-16/h2-4,10-11H,5-9H2,1H3,(H,18,19). The molecule has 0 saturated carbocycles. The Hall–Kier alpha value is -1.88. The molecule has 2 rings (SSSR count). The topological polar surface area (TPSA) is 66.8 Å². The lowest BCUT2D eigenvalue weighted by Crippen LogP contribution is -2.40. The van der Waals surface area contributed by atoms with E-state index in [4.69, 9.17) is 9.84 Å². The number of amides is 1. The number of hydrogen-bond donors (Lipinski definition) is 1. The SMILES string of the molecule is CC(Cc1cccc(C(=O)N2CCOCC2)c1)C(=O)O. The molecule has 5 nitrogen and oxygen atoms in total. The maximum atomic E-state index is 12.3. The first-order chi connectivity index (χ1) is 9.58.